The first-order valence-corrected chi connectivity index (χ1v) is 9.42. The van der Waals surface area contributed by atoms with E-state index >= 15 is 0 Å². The van der Waals surface area contributed by atoms with Gasteiger partial charge in [-0.3, -0.25) is 0 Å². The van der Waals surface area contributed by atoms with Crippen LogP contribution in [0.15, 0.2) is 40.1 Å². The van der Waals surface area contributed by atoms with Crippen molar-refractivity contribution in [3.63, 3.8) is 0 Å². The van der Waals surface area contributed by atoms with Gasteiger partial charge in [0.05, 0.1) is 12.0 Å². The summed E-state index contributed by atoms with van der Waals surface area (Å²) < 4.78 is 6.22. The van der Waals surface area contributed by atoms with E-state index in [1.54, 1.807) is 36.5 Å². The SMILES string of the molecule is COCCSc1ncnc2sc(C)c(-c3ccc(Br)cc3)c12. The second-order valence-electron chi connectivity index (χ2n) is 4.74. The Morgan fingerprint density at radius 2 is 2.00 bits per heavy atom. The van der Waals surface area contributed by atoms with Gasteiger partial charge in [0.25, 0.3) is 0 Å². The molecule has 0 spiro atoms. The Balaban J connectivity index is 2.12. The van der Waals surface area contributed by atoms with E-state index in [1.807, 2.05) is 0 Å². The zero-order valence-electron chi connectivity index (χ0n) is 12.3. The number of ether oxygens (including phenoxy) is 1. The summed E-state index contributed by atoms with van der Waals surface area (Å²) >= 11 is 6.94. The van der Waals surface area contributed by atoms with Crippen molar-refractivity contribution < 1.29 is 4.74 Å². The van der Waals surface area contributed by atoms with Gasteiger partial charge in [0, 0.05) is 27.8 Å². The smallest absolute Gasteiger partial charge is 0.128 e. The Labute approximate surface area is 146 Å². The van der Waals surface area contributed by atoms with Crippen molar-refractivity contribution in [1.29, 1.82) is 0 Å². The van der Waals surface area contributed by atoms with Crippen LogP contribution in [-0.4, -0.2) is 29.4 Å². The van der Waals surface area contributed by atoms with Gasteiger partial charge in [-0.25, -0.2) is 9.97 Å². The quantitative estimate of drug-likeness (QED) is 0.339. The van der Waals surface area contributed by atoms with Crippen molar-refractivity contribution in [3.05, 3.63) is 39.9 Å². The Morgan fingerprint density at radius 1 is 1.23 bits per heavy atom. The Morgan fingerprint density at radius 3 is 2.73 bits per heavy atom. The van der Waals surface area contributed by atoms with Crippen LogP contribution in [0.1, 0.15) is 4.88 Å². The van der Waals surface area contributed by atoms with Crippen molar-refractivity contribution >= 4 is 49.2 Å². The molecule has 0 unspecified atom stereocenters. The second-order valence-corrected chi connectivity index (χ2v) is 7.94. The normalized spacial score (nSPS) is 11.2. The fourth-order valence-electron chi connectivity index (χ4n) is 2.31. The monoisotopic (exact) mass is 394 g/mol. The zero-order chi connectivity index (χ0) is 15.5. The molecule has 3 rings (SSSR count). The molecule has 0 N–H and O–H groups in total. The maximum atomic E-state index is 5.14. The van der Waals surface area contributed by atoms with Gasteiger partial charge >= 0.3 is 0 Å². The first kappa shape index (κ1) is 15.9. The number of halogens is 1. The zero-order valence-corrected chi connectivity index (χ0v) is 15.5. The number of benzene rings is 1. The standard InChI is InChI=1S/C16H15BrN2OS2/c1-10-13(11-3-5-12(17)6-4-11)14-15(21-8-7-20-2)18-9-19-16(14)22-10/h3-6,9H,7-8H2,1-2H3. The lowest BCUT2D eigenvalue weighted by atomic mass is 10.0. The summed E-state index contributed by atoms with van der Waals surface area (Å²) in [4.78, 5) is 11.3. The lowest BCUT2D eigenvalue weighted by Crippen LogP contribution is -1.93. The number of hydrogen-bond acceptors (Lipinski definition) is 5. The van der Waals surface area contributed by atoms with Gasteiger partial charge in [0.15, 0.2) is 0 Å². The van der Waals surface area contributed by atoms with Gasteiger partial charge in [-0.05, 0) is 24.6 Å². The molecule has 1 aromatic carbocycles. The van der Waals surface area contributed by atoms with Crippen molar-refractivity contribution in [1.82, 2.24) is 9.97 Å². The van der Waals surface area contributed by atoms with Gasteiger partial charge < -0.3 is 4.74 Å². The molecular weight excluding hydrogens is 380 g/mol. The van der Waals surface area contributed by atoms with Crippen molar-refractivity contribution in [2.45, 2.75) is 11.9 Å². The summed E-state index contributed by atoms with van der Waals surface area (Å²) in [5.41, 5.74) is 2.45. The first-order valence-electron chi connectivity index (χ1n) is 6.82. The fourth-order valence-corrected chi connectivity index (χ4v) is 4.56. The molecule has 6 heteroatoms. The summed E-state index contributed by atoms with van der Waals surface area (Å²) in [6.07, 6.45) is 1.65. The number of nitrogens with zero attached hydrogens (tertiary/aromatic N) is 2. The number of aromatic nitrogens is 2. The average Bonchev–Trinajstić information content (AvgIpc) is 2.85. The molecule has 0 aliphatic heterocycles. The third-order valence-corrected chi connectivity index (χ3v) is 5.78. The molecule has 0 aliphatic rings. The maximum absolute atomic E-state index is 5.14. The van der Waals surface area contributed by atoms with Crippen LogP contribution in [0.4, 0.5) is 0 Å². The molecule has 3 nitrogen and oxygen atoms in total. The molecule has 0 aliphatic carbocycles. The highest BCUT2D eigenvalue weighted by molar-refractivity contribution is 9.10. The van der Waals surface area contributed by atoms with Crippen LogP contribution in [0.25, 0.3) is 21.3 Å². The van der Waals surface area contributed by atoms with Crippen LogP contribution in [0, 0.1) is 6.92 Å². The number of aryl methyl sites for hydroxylation is 1. The third kappa shape index (κ3) is 3.20. The van der Waals surface area contributed by atoms with Gasteiger partial charge in [0.1, 0.15) is 16.2 Å². The third-order valence-electron chi connectivity index (χ3n) is 3.29. The second kappa shape index (κ2) is 7.08. The van der Waals surface area contributed by atoms with Gasteiger partial charge in [-0.2, -0.15) is 0 Å². The number of fused-ring (bicyclic) bond motifs is 1. The van der Waals surface area contributed by atoms with E-state index in [2.05, 4.69) is 57.1 Å². The maximum Gasteiger partial charge on any atom is 0.128 e. The van der Waals surface area contributed by atoms with Crippen molar-refractivity contribution in [2.24, 2.45) is 0 Å². The lowest BCUT2D eigenvalue weighted by molar-refractivity contribution is 0.218. The van der Waals surface area contributed by atoms with E-state index in [-0.39, 0.29) is 0 Å². The molecule has 3 aromatic rings. The van der Waals surface area contributed by atoms with Crippen molar-refractivity contribution in [2.75, 3.05) is 19.5 Å². The molecule has 22 heavy (non-hydrogen) atoms. The summed E-state index contributed by atoms with van der Waals surface area (Å²) in [6.45, 7) is 2.86. The van der Waals surface area contributed by atoms with Crippen LogP contribution in [-0.2, 0) is 4.74 Å². The molecule has 0 bridgehead atoms. The Kier molecular flexibility index (Phi) is 5.13. The van der Waals surface area contributed by atoms with E-state index in [1.165, 1.54) is 16.0 Å². The highest BCUT2D eigenvalue weighted by Crippen LogP contribution is 2.41. The molecule has 0 fully saturated rings. The number of methoxy groups -OCH3 is 1. The molecule has 0 saturated carbocycles. The van der Waals surface area contributed by atoms with E-state index in [0.29, 0.717) is 6.61 Å². The molecule has 0 atom stereocenters. The topological polar surface area (TPSA) is 35.0 Å². The number of hydrogen-bond donors (Lipinski definition) is 0. The van der Waals surface area contributed by atoms with Crippen molar-refractivity contribution in [3.8, 4) is 11.1 Å². The molecule has 2 aromatic heterocycles. The van der Waals surface area contributed by atoms with E-state index < -0.39 is 0 Å². The van der Waals surface area contributed by atoms with Gasteiger partial charge in [-0.1, -0.05) is 28.1 Å². The number of rotatable bonds is 5. The molecule has 2 heterocycles. The molecule has 0 radical (unpaired) electrons. The highest BCUT2D eigenvalue weighted by Gasteiger charge is 2.16. The molecule has 114 valence electrons. The first-order chi connectivity index (χ1) is 10.7. The predicted molar refractivity (Wildman–Crippen MR) is 97.9 cm³/mol. The van der Waals surface area contributed by atoms with E-state index in [0.717, 1.165) is 25.5 Å². The summed E-state index contributed by atoms with van der Waals surface area (Å²) in [6, 6.07) is 8.41. The van der Waals surface area contributed by atoms with Crippen LogP contribution in [0.2, 0.25) is 0 Å². The minimum absolute atomic E-state index is 0.715. The largest absolute Gasteiger partial charge is 0.384 e. The summed E-state index contributed by atoms with van der Waals surface area (Å²) in [7, 11) is 1.72. The van der Waals surface area contributed by atoms with Gasteiger partial charge in [0.2, 0.25) is 0 Å². The molecular formula is C16H15BrN2OS2. The molecule has 0 saturated heterocycles. The predicted octanol–water partition coefficient (Wildman–Crippen LogP) is 5.17. The van der Waals surface area contributed by atoms with E-state index in [9.17, 15) is 0 Å². The highest BCUT2D eigenvalue weighted by atomic mass is 79.9. The Hall–Kier alpha value is -0.950. The van der Waals surface area contributed by atoms with Crippen LogP contribution in [0.5, 0.6) is 0 Å². The lowest BCUT2D eigenvalue weighted by Gasteiger charge is -2.06. The molecule has 0 amide bonds. The minimum Gasteiger partial charge on any atom is -0.384 e. The average molecular weight is 395 g/mol. The number of thiophene rings is 1. The number of thioether (sulfide) groups is 1. The fraction of sp³-hybridized carbons (Fsp3) is 0.250. The Bertz CT molecular complexity index is 787. The summed E-state index contributed by atoms with van der Waals surface area (Å²) in [5, 5.41) is 2.19. The van der Waals surface area contributed by atoms with Gasteiger partial charge in [-0.15, -0.1) is 23.1 Å². The summed E-state index contributed by atoms with van der Waals surface area (Å²) in [5.74, 6) is 0.886. The van der Waals surface area contributed by atoms with Crippen LogP contribution < -0.4 is 0 Å². The minimum atomic E-state index is 0.715. The van der Waals surface area contributed by atoms with E-state index in [4.69, 9.17) is 4.74 Å². The van der Waals surface area contributed by atoms with Crippen LogP contribution in [0.3, 0.4) is 0 Å². The van der Waals surface area contributed by atoms with Crippen LogP contribution >= 0.6 is 39.0 Å².